The smallest absolute Gasteiger partial charge is 0.323 e. The Kier molecular flexibility index (Phi) is 5.33. The topological polar surface area (TPSA) is 94.4 Å². The quantitative estimate of drug-likeness (QED) is 0.548. The molecule has 0 radical (unpaired) electrons. The van der Waals surface area contributed by atoms with Crippen LogP contribution in [0.1, 0.15) is 5.56 Å². The number of hydrogen-bond donors (Lipinski definition) is 1. The van der Waals surface area contributed by atoms with Crippen molar-refractivity contribution >= 4 is 40.7 Å². The van der Waals surface area contributed by atoms with Crippen molar-refractivity contribution in [3.05, 3.63) is 58.9 Å². The van der Waals surface area contributed by atoms with Crippen molar-refractivity contribution in [2.45, 2.75) is 18.3 Å². The minimum atomic E-state index is -4.64. The number of amides is 3. The third kappa shape index (κ3) is 3.88. The highest BCUT2D eigenvalue weighted by atomic mass is 35.5. The van der Waals surface area contributed by atoms with Gasteiger partial charge in [-0.05, 0) is 42.5 Å². The lowest BCUT2D eigenvalue weighted by Gasteiger charge is -2.20. The molecule has 2 heterocycles. The lowest BCUT2D eigenvalue weighted by atomic mass is 10.1. The van der Waals surface area contributed by atoms with Gasteiger partial charge in [0.05, 0.1) is 22.0 Å². The monoisotopic (exact) mass is 469 g/mol. The van der Waals surface area contributed by atoms with Crippen LogP contribution in [0.25, 0.3) is 0 Å². The largest absolute Gasteiger partial charge is 0.416 e. The first kappa shape index (κ1) is 21.7. The number of imide groups is 1. The molecule has 2 aliphatic rings. The SMILES string of the molecule is O=C(CN1N=NC2C(=O)N(c3ccc(F)cc3)C(=O)C21)Nc1cc(C(F)(F)F)ccc1Cl. The fraction of sp³-hybridized carbons (Fsp3) is 0.211. The Hall–Kier alpha value is -3.54. The van der Waals surface area contributed by atoms with E-state index in [-0.39, 0.29) is 16.4 Å². The highest BCUT2D eigenvalue weighted by molar-refractivity contribution is 6.33. The maximum Gasteiger partial charge on any atom is 0.416 e. The van der Waals surface area contributed by atoms with E-state index in [0.29, 0.717) is 6.07 Å². The molecule has 0 aromatic heterocycles. The molecule has 13 heteroatoms. The predicted molar refractivity (Wildman–Crippen MR) is 103 cm³/mol. The van der Waals surface area contributed by atoms with E-state index in [2.05, 4.69) is 15.7 Å². The van der Waals surface area contributed by atoms with Crippen LogP contribution in [0.3, 0.4) is 0 Å². The van der Waals surface area contributed by atoms with Crippen LogP contribution < -0.4 is 10.2 Å². The summed E-state index contributed by atoms with van der Waals surface area (Å²) in [6.07, 6.45) is -4.64. The molecule has 2 aromatic rings. The Labute approximate surface area is 182 Å². The Bertz CT molecular complexity index is 1140. The van der Waals surface area contributed by atoms with Gasteiger partial charge in [0.2, 0.25) is 5.91 Å². The van der Waals surface area contributed by atoms with Gasteiger partial charge >= 0.3 is 6.18 Å². The molecule has 4 rings (SSSR count). The van der Waals surface area contributed by atoms with Gasteiger partial charge in [-0.3, -0.25) is 19.4 Å². The van der Waals surface area contributed by atoms with E-state index in [4.69, 9.17) is 11.6 Å². The highest BCUT2D eigenvalue weighted by Crippen LogP contribution is 2.34. The molecule has 0 bridgehead atoms. The van der Waals surface area contributed by atoms with E-state index in [1.54, 1.807) is 0 Å². The van der Waals surface area contributed by atoms with Gasteiger partial charge in [-0.15, -0.1) is 0 Å². The summed E-state index contributed by atoms with van der Waals surface area (Å²) in [6.45, 7) is -0.576. The van der Waals surface area contributed by atoms with Crippen molar-refractivity contribution in [1.82, 2.24) is 5.01 Å². The van der Waals surface area contributed by atoms with Gasteiger partial charge in [-0.2, -0.15) is 18.3 Å². The van der Waals surface area contributed by atoms with Crippen LogP contribution in [0, 0.1) is 5.82 Å². The number of nitrogens with zero attached hydrogens (tertiary/aromatic N) is 4. The lowest BCUT2D eigenvalue weighted by Crippen LogP contribution is -2.43. The summed E-state index contributed by atoms with van der Waals surface area (Å²) in [5.74, 6) is -2.80. The van der Waals surface area contributed by atoms with E-state index in [1.165, 1.54) is 12.1 Å². The summed E-state index contributed by atoms with van der Waals surface area (Å²) in [6, 6.07) is 4.68. The van der Waals surface area contributed by atoms with Crippen molar-refractivity contribution in [1.29, 1.82) is 0 Å². The molecular weight excluding hydrogens is 458 g/mol. The fourth-order valence-corrected chi connectivity index (χ4v) is 3.50. The molecular formula is C19H12ClF4N5O3. The van der Waals surface area contributed by atoms with Gasteiger partial charge in [-0.1, -0.05) is 16.8 Å². The normalized spacial score (nSPS) is 20.2. The first-order valence-electron chi connectivity index (χ1n) is 9.03. The van der Waals surface area contributed by atoms with E-state index in [9.17, 15) is 31.9 Å². The number of fused-ring (bicyclic) bond motifs is 1. The van der Waals surface area contributed by atoms with Gasteiger partial charge in [0.1, 0.15) is 12.4 Å². The first-order valence-corrected chi connectivity index (χ1v) is 9.41. The zero-order valence-corrected chi connectivity index (χ0v) is 16.6. The number of alkyl halides is 3. The number of benzene rings is 2. The molecule has 32 heavy (non-hydrogen) atoms. The van der Waals surface area contributed by atoms with Gasteiger partial charge in [0.15, 0.2) is 12.1 Å². The van der Waals surface area contributed by atoms with Gasteiger partial charge < -0.3 is 5.32 Å². The molecule has 0 saturated carbocycles. The number of nitrogens with one attached hydrogen (secondary N) is 1. The molecule has 1 saturated heterocycles. The third-order valence-electron chi connectivity index (χ3n) is 4.82. The van der Waals surface area contributed by atoms with Crippen molar-refractivity contribution in [2.24, 2.45) is 10.3 Å². The lowest BCUT2D eigenvalue weighted by molar-refractivity contribution is -0.137. The van der Waals surface area contributed by atoms with Gasteiger partial charge in [-0.25, -0.2) is 9.29 Å². The Morgan fingerprint density at radius 2 is 1.78 bits per heavy atom. The second-order valence-corrected chi connectivity index (χ2v) is 7.33. The highest BCUT2D eigenvalue weighted by Gasteiger charge is 2.55. The van der Waals surface area contributed by atoms with Crippen molar-refractivity contribution < 1.29 is 31.9 Å². The van der Waals surface area contributed by atoms with Crippen molar-refractivity contribution in [3.63, 3.8) is 0 Å². The molecule has 166 valence electrons. The summed E-state index contributed by atoms with van der Waals surface area (Å²) >= 11 is 5.87. The summed E-state index contributed by atoms with van der Waals surface area (Å²) in [4.78, 5) is 38.6. The van der Waals surface area contributed by atoms with Crippen LogP contribution in [-0.2, 0) is 20.6 Å². The zero-order chi connectivity index (χ0) is 23.2. The molecule has 1 N–H and O–H groups in total. The first-order chi connectivity index (χ1) is 15.1. The van der Waals surface area contributed by atoms with Crippen LogP contribution in [0.15, 0.2) is 52.8 Å². The Balaban J connectivity index is 1.49. The summed E-state index contributed by atoms with van der Waals surface area (Å²) < 4.78 is 51.9. The molecule has 0 aliphatic carbocycles. The van der Waals surface area contributed by atoms with E-state index < -0.39 is 53.9 Å². The number of rotatable bonds is 4. The number of carbonyl (C=O) groups excluding carboxylic acids is 3. The number of carbonyl (C=O) groups is 3. The summed E-state index contributed by atoms with van der Waals surface area (Å²) in [5, 5.41) is 10.5. The second kappa shape index (κ2) is 7.86. The zero-order valence-electron chi connectivity index (χ0n) is 15.8. The average Bonchev–Trinajstić information content (AvgIpc) is 3.23. The molecule has 1 fully saturated rings. The number of anilines is 2. The Morgan fingerprint density at radius 1 is 1.09 bits per heavy atom. The van der Waals surface area contributed by atoms with Crippen molar-refractivity contribution in [3.8, 4) is 0 Å². The predicted octanol–water partition coefficient (Wildman–Crippen LogP) is 3.43. The summed E-state index contributed by atoms with van der Waals surface area (Å²) in [7, 11) is 0. The van der Waals surface area contributed by atoms with Crippen LogP contribution in [0.5, 0.6) is 0 Å². The molecule has 3 amide bonds. The van der Waals surface area contributed by atoms with Crippen LogP contribution in [0.2, 0.25) is 5.02 Å². The molecule has 0 spiro atoms. The average molecular weight is 470 g/mol. The Morgan fingerprint density at radius 3 is 2.44 bits per heavy atom. The van der Waals surface area contributed by atoms with Gasteiger partial charge in [0.25, 0.3) is 11.8 Å². The van der Waals surface area contributed by atoms with Gasteiger partial charge in [0, 0.05) is 0 Å². The maximum absolute atomic E-state index is 13.2. The molecule has 2 unspecified atom stereocenters. The molecule has 2 aromatic carbocycles. The molecule has 8 nitrogen and oxygen atoms in total. The van der Waals surface area contributed by atoms with Crippen LogP contribution >= 0.6 is 11.6 Å². The van der Waals surface area contributed by atoms with E-state index >= 15 is 0 Å². The van der Waals surface area contributed by atoms with E-state index in [1.807, 2.05) is 0 Å². The summed E-state index contributed by atoms with van der Waals surface area (Å²) in [5.41, 5.74) is -1.16. The van der Waals surface area contributed by atoms with Crippen molar-refractivity contribution in [2.75, 3.05) is 16.8 Å². The fourth-order valence-electron chi connectivity index (χ4n) is 3.33. The molecule has 2 atom stereocenters. The third-order valence-corrected chi connectivity index (χ3v) is 5.15. The maximum atomic E-state index is 13.2. The number of hydrogen-bond acceptors (Lipinski definition) is 6. The van der Waals surface area contributed by atoms with Crippen LogP contribution in [-0.4, -0.2) is 41.4 Å². The second-order valence-electron chi connectivity index (χ2n) is 6.92. The molecule has 2 aliphatic heterocycles. The number of halogens is 5. The standard InChI is InChI=1S/C19H12ClF4N5O3/c20-12-6-1-9(19(22,23)24)7-13(12)25-14(30)8-28-16-15(26-27-28)17(31)29(18(16)32)11-4-2-10(21)3-5-11/h1-7,15-16H,8H2,(H,25,30). The van der Waals surface area contributed by atoms with Crippen LogP contribution in [0.4, 0.5) is 28.9 Å². The minimum Gasteiger partial charge on any atom is -0.323 e. The minimum absolute atomic E-state index is 0.123. The van der Waals surface area contributed by atoms with E-state index in [0.717, 1.165) is 34.2 Å².